The number of carbonyl (C=O) groups is 1. The first-order valence-electron chi connectivity index (χ1n) is 7.77. The van der Waals surface area contributed by atoms with Gasteiger partial charge in [-0.15, -0.1) is 0 Å². The monoisotopic (exact) mass is 340 g/mol. The number of rotatable bonds is 4. The molecule has 2 aliphatic heterocycles. The molecule has 0 saturated carbocycles. The van der Waals surface area contributed by atoms with E-state index in [1.165, 1.54) is 12.8 Å². The number of piperidine rings is 1. The molecule has 128 valence electrons. The van der Waals surface area contributed by atoms with E-state index in [-0.39, 0.29) is 24.5 Å². The first kappa shape index (κ1) is 17.9. The van der Waals surface area contributed by atoms with E-state index in [0.29, 0.717) is 29.1 Å². The summed E-state index contributed by atoms with van der Waals surface area (Å²) in [6.07, 6.45) is 4.32. The molecular formula is C17H23ClNO4-. The maximum absolute atomic E-state index is 12.4. The predicted octanol–water partition coefficient (Wildman–Crippen LogP) is -0.510. The van der Waals surface area contributed by atoms with Gasteiger partial charge in [0.15, 0.2) is 11.5 Å². The zero-order valence-electron chi connectivity index (χ0n) is 13.8. The number of halogens is 1. The van der Waals surface area contributed by atoms with Gasteiger partial charge in [-0.05, 0) is 38.1 Å². The zero-order chi connectivity index (χ0) is 15.7. The summed E-state index contributed by atoms with van der Waals surface area (Å²) < 4.78 is 16.1. The van der Waals surface area contributed by atoms with E-state index >= 15 is 0 Å². The van der Waals surface area contributed by atoms with Gasteiger partial charge in [0.25, 0.3) is 0 Å². The number of ether oxygens (including phenoxy) is 3. The second-order valence-corrected chi connectivity index (χ2v) is 6.12. The van der Waals surface area contributed by atoms with Crippen molar-refractivity contribution in [1.29, 1.82) is 0 Å². The van der Waals surface area contributed by atoms with E-state index in [4.69, 9.17) is 14.2 Å². The minimum Gasteiger partial charge on any atom is -1.00 e. The standard InChI is InChI=1S/C17H23NO4.ClH/c1-18-12-5-6-13(18)10-14(9-12)22-17(19)11-4-7-15(20-2)16(8-11)21-3;/h4,7-8,12-14H,5-6,9-10H2,1-3H3;1H/p-1/t12-,13-;/m1./s1. The Balaban J connectivity index is 0.00000192. The number of hydrogen-bond donors (Lipinski definition) is 0. The molecule has 0 aliphatic carbocycles. The van der Waals surface area contributed by atoms with Gasteiger partial charge in [0.05, 0.1) is 19.8 Å². The first-order chi connectivity index (χ1) is 10.6. The number of nitrogens with zero attached hydrogens (tertiary/aromatic N) is 1. The van der Waals surface area contributed by atoms with Crippen molar-refractivity contribution in [3.8, 4) is 11.5 Å². The fourth-order valence-electron chi connectivity index (χ4n) is 3.64. The molecule has 0 amide bonds. The lowest BCUT2D eigenvalue weighted by Crippen LogP contribution is -3.00. The number of benzene rings is 1. The van der Waals surface area contributed by atoms with E-state index in [9.17, 15) is 4.79 Å². The van der Waals surface area contributed by atoms with Gasteiger partial charge in [-0.2, -0.15) is 0 Å². The van der Waals surface area contributed by atoms with Crippen molar-refractivity contribution in [2.45, 2.75) is 43.9 Å². The number of carbonyl (C=O) groups excluding carboxylic acids is 1. The molecule has 2 fully saturated rings. The molecule has 0 radical (unpaired) electrons. The molecular weight excluding hydrogens is 318 g/mol. The highest BCUT2D eigenvalue weighted by molar-refractivity contribution is 5.90. The van der Waals surface area contributed by atoms with Crippen LogP contribution < -0.4 is 21.9 Å². The third-order valence-electron chi connectivity index (χ3n) is 4.95. The van der Waals surface area contributed by atoms with Crippen molar-refractivity contribution in [3.63, 3.8) is 0 Å². The molecule has 6 heteroatoms. The Morgan fingerprint density at radius 1 is 1.09 bits per heavy atom. The Hall–Kier alpha value is -1.46. The molecule has 23 heavy (non-hydrogen) atoms. The molecule has 3 rings (SSSR count). The minimum absolute atomic E-state index is 0. The van der Waals surface area contributed by atoms with E-state index in [1.807, 2.05) is 0 Å². The van der Waals surface area contributed by atoms with Crippen molar-refractivity contribution < 1.29 is 31.4 Å². The minimum atomic E-state index is -0.282. The van der Waals surface area contributed by atoms with Crippen LogP contribution in [-0.2, 0) is 4.74 Å². The quantitative estimate of drug-likeness (QED) is 0.691. The average molecular weight is 341 g/mol. The van der Waals surface area contributed by atoms with Gasteiger partial charge in [-0.3, -0.25) is 0 Å². The fraction of sp³-hybridized carbons (Fsp3) is 0.588. The molecule has 0 aromatic heterocycles. The third-order valence-corrected chi connectivity index (χ3v) is 4.95. The summed E-state index contributed by atoms with van der Waals surface area (Å²) in [6, 6.07) is 6.23. The molecule has 1 aromatic rings. The van der Waals surface area contributed by atoms with Gasteiger partial charge in [0.2, 0.25) is 0 Å². The Morgan fingerprint density at radius 2 is 1.70 bits per heavy atom. The Morgan fingerprint density at radius 3 is 2.26 bits per heavy atom. The summed E-state index contributed by atoms with van der Waals surface area (Å²) in [5.74, 6) is 0.867. The van der Waals surface area contributed by atoms with Crippen LogP contribution in [0.5, 0.6) is 11.5 Å². The topological polar surface area (TPSA) is 48.0 Å². The molecule has 2 heterocycles. The number of hydrogen-bond acceptors (Lipinski definition) is 5. The van der Waals surface area contributed by atoms with Crippen LogP contribution in [0.15, 0.2) is 18.2 Å². The second kappa shape index (κ2) is 7.41. The highest BCUT2D eigenvalue weighted by atomic mass is 35.5. The Bertz CT molecular complexity index is 552. The lowest BCUT2D eigenvalue weighted by molar-refractivity contribution is -0.00119. The SMILES string of the molecule is COc1ccc(C(=O)OC2C[C@H]3CC[C@H](C2)N3C)cc1OC.[Cl-]. The van der Waals surface area contributed by atoms with Crippen molar-refractivity contribution in [3.05, 3.63) is 23.8 Å². The van der Waals surface area contributed by atoms with Crippen molar-refractivity contribution >= 4 is 5.97 Å². The van der Waals surface area contributed by atoms with Crippen LogP contribution in [0.2, 0.25) is 0 Å². The molecule has 0 spiro atoms. The smallest absolute Gasteiger partial charge is 0.338 e. The summed E-state index contributed by atoms with van der Waals surface area (Å²) >= 11 is 0. The van der Waals surface area contributed by atoms with Crippen LogP contribution in [0.3, 0.4) is 0 Å². The lowest BCUT2D eigenvalue weighted by atomic mass is 10.0. The summed E-state index contributed by atoms with van der Waals surface area (Å²) in [5, 5.41) is 0. The van der Waals surface area contributed by atoms with Crippen LogP contribution in [-0.4, -0.2) is 50.3 Å². The van der Waals surface area contributed by atoms with Gasteiger partial charge >= 0.3 is 5.97 Å². The maximum atomic E-state index is 12.4. The van der Waals surface area contributed by atoms with Crippen LogP contribution in [0, 0.1) is 0 Å². The van der Waals surface area contributed by atoms with E-state index in [1.54, 1.807) is 32.4 Å². The highest BCUT2D eigenvalue weighted by Gasteiger charge is 2.39. The molecule has 2 aliphatic rings. The largest absolute Gasteiger partial charge is 1.00 e. The van der Waals surface area contributed by atoms with Gasteiger partial charge in [0, 0.05) is 24.9 Å². The van der Waals surface area contributed by atoms with Gasteiger partial charge in [-0.1, -0.05) is 0 Å². The van der Waals surface area contributed by atoms with Gasteiger partial charge in [-0.25, -0.2) is 4.79 Å². The number of fused-ring (bicyclic) bond motifs is 2. The van der Waals surface area contributed by atoms with Crippen molar-refractivity contribution in [2.24, 2.45) is 0 Å². The predicted molar refractivity (Wildman–Crippen MR) is 82.6 cm³/mol. The first-order valence-corrected chi connectivity index (χ1v) is 7.77. The van der Waals surface area contributed by atoms with Crippen LogP contribution in [0.1, 0.15) is 36.0 Å². The Labute approximate surface area is 143 Å². The van der Waals surface area contributed by atoms with Crippen molar-refractivity contribution in [2.75, 3.05) is 21.3 Å². The molecule has 2 atom stereocenters. The highest BCUT2D eigenvalue weighted by Crippen LogP contribution is 2.36. The summed E-state index contributed by atoms with van der Waals surface area (Å²) in [4.78, 5) is 14.8. The van der Waals surface area contributed by atoms with Crippen molar-refractivity contribution in [1.82, 2.24) is 4.90 Å². The number of esters is 1. The summed E-state index contributed by atoms with van der Waals surface area (Å²) in [7, 11) is 5.31. The van der Waals surface area contributed by atoms with E-state index in [0.717, 1.165) is 12.8 Å². The summed E-state index contributed by atoms with van der Waals surface area (Å²) in [5.41, 5.74) is 0.504. The molecule has 5 nitrogen and oxygen atoms in total. The van der Waals surface area contributed by atoms with E-state index in [2.05, 4.69) is 11.9 Å². The Kier molecular flexibility index (Phi) is 5.76. The summed E-state index contributed by atoms with van der Waals surface area (Å²) in [6.45, 7) is 0. The third kappa shape index (κ3) is 3.56. The molecule has 1 aromatic carbocycles. The molecule has 0 N–H and O–H groups in total. The fourth-order valence-corrected chi connectivity index (χ4v) is 3.64. The zero-order valence-corrected chi connectivity index (χ0v) is 14.5. The molecule has 0 unspecified atom stereocenters. The molecule has 2 bridgehead atoms. The lowest BCUT2D eigenvalue weighted by Gasteiger charge is -2.35. The van der Waals surface area contributed by atoms with Gasteiger partial charge < -0.3 is 31.5 Å². The van der Waals surface area contributed by atoms with Gasteiger partial charge in [0.1, 0.15) is 6.10 Å². The van der Waals surface area contributed by atoms with E-state index < -0.39 is 0 Å². The maximum Gasteiger partial charge on any atom is 0.338 e. The van der Waals surface area contributed by atoms with Crippen LogP contribution >= 0.6 is 0 Å². The average Bonchev–Trinajstić information content (AvgIpc) is 2.76. The number of methoxy groups -OCH3 is 2. The molecule has 2 saturated heterocycles. The normalized spacial score (nSPS) is 26.3. The second-order valence-electron chi connectivity index (χ2n) is 6.12. The van der Waals surface area contributed by atoms with Crippen LogP contribution in [0.4, 0.5) is 0 Å². The van der Waals surface area contributed by atoms with Crippen LogP contribution in [0.25, 0.3) is 0 Å².